The van der Waals surface area contributed by atoms with E-state index in [9.17, 15) is 15.3 Å². The van der Waals surface area contributed by atoms with Gasteiger partial charge in [0.1, 0.15) is 31.0 Å². The van der Waals surface area contributed by atoms with Crippen molar-refractivity contribution in [1.82, 2.24) is 0 Å². The molecule has 0 radical (unpaired) electrons. The first-order valence-corrected chi connectivity index (χ1v) is 4.07. The van der Waals surface area contributed by atoms with Crippen LogP contribution in [0.3, 0.4) is 0 Å². The van der Waals surface area contributed by atoms with Crippen molar-refractivity contribution >= 4 is 0 Å². The quantitative estimate of drug-likeness (QED) is 0.358. The summed E-state index contributed by atoms with van der Waals surface area (Å²) in [5.41, 5.74) is 0. The Bertz CT molecular complexity index is 209. The zero-order valence-electron chi connectivity index (χ0n) is 6.83. The zero-order chi connectivity index (χ0) is 9.64. The van der Waals surface area contributed by atoms with Gasteiger partial charge in [-0.15, -0.1) is 0 Å². The van der Waals surface area contributed by atoms with Crippen LogP contribution < -0.4 is 0 Å². The minimum atomic E-state index is -1.55. The summed E-state index contributed by atoms with van der Waals surface area (Å²) in [6, 6.07) is 0. The maximum absolute atomic E-state index is 9.47. The minimum Gasteiger partial charge on any atom is -0.391 e. The maximum Gasteiger partial charge on any atom is 0.221 e. The summed E-state index contributed by atoms with van der Waals surface area (Å²) in [4.78, 5) is 0. The van der Waals surface area contributed by atoms with Crippen LogP contribution >= 0.6 is 0 Å². The predicted octanol–water partition coefficient (Wildman–Crippen LogP) is -2.81. The molecule has 0 aromatic rings. The van der Waals surface area contributed by atoms with Crippen LogP contribution in [0.1, 0.15) is 0 Å². The number of aliphatic hydroxyl groups excluding tert-OH is 4. The second kappa shape index (κ2) is 2.88. The average molecular weight is 192 g/mol. The first-order valence-electron chi connectivity index (χ1n) is 4.07. The highest BCUT2D eigenvalue weighted by atomic mass is 16.8. The van der Waals surface area contributed by atoms with Gasteiger partial charge in [0.15, 0.2) is 0 Å². The lowest BCUT2D eigenvalue weighted by atomic mass is 9.95. The molecule has 0 unspecified atom stereocenters. The molecule has 0 aliphatic carbocycles. The van der Waals surface area contributed by atoms with Crippen LogP contribution in [0.4, 0.5) is 0 Å². The molecule has 5 atom stereocenters. The second-order valence-electron chi connectivity index (χ2n) is 3.36. The number of fused-ring (bicyclic) bond motifs is 2. The Balaban J connectivity index is 2.25. The fourth-order valence-electron chi connectivity index (χ4n) is 1.71. The normalized spacial score (nSPS) is 55.4. The topological polar surface area (TPSA) is 99.4 Å². The Morgan fingerprint density at radius 2 is 1.92 bits per heavy atom. The summed E-state index contributed by atoms with van der Waals surface area (Å²) in [6.07, 6.45) is -4.61. The zero-order valence-corrected chi connectivity index (χ0v) is 6.83. The van der Waals surface area contributed by atoms with Gasteiger partial charge < -0.3 is 29.9 Å². The summed E-state index contributed by atoms with van der Waals surface area (Å²) in [6.45, 7) is -0.482. The molecule has 0 aromatic heterocycles. The van der Waals surface area contributed by atoms with E-state index in [0.29, 0.717) is 0 Å². The maximum atomic E-state index is 9.47. The van der Waals surface area contributed by atoms with Gasteiger partial charge in [0.25, 0.3) is 0 Å². The number of hydrogen-bond donors (Lipinski definition) is 4. The van der Waals surface area contributed by atoms with E-state index in [1.807, 2.05) is 0 Å². The van der Waals surface area contributed by atoms with Crippen LogP contribution in [-0.2, 0) is 9.47 Å². The number of hydrogen-bond acceptors (Lipinski definition) is 6. The molecule has 6 heteroatoms. The van der Waals surface area contributed by atoms with Gasteiger partial charge in [-0.2, -0.15) is 0 Å². The highest BCUT2D eigenvalue weighted by Crippen LogP contribution is 2.36. The SMILES string of the molecule is OC[C@]12OC[C@@H](O1)[C@@H](O)[C@H](O)[C@@H]2O. The monoisotopic (exact) mass is 192 g/mol. The molecule has 2 aliphatic heterocycles. The summed E-state index contributed by atoms with van der Waals surface area (Å²) < 4.78 is 10.1. The number of rotatable bonds is 1. The molecule has 6 nitrogen and oxygen atoms in total. The van der Waals surface area contributed by atoms with Crippen molar-refractivity contribution in [2.45, 2.75) is 30.2 Å². The van der Waals surface area contributed by atoms with E-state index in [-0.39, 0.29) is 6.61 Å². The largest absolute Gasteiger partial charge is 0.391 e. The molecular weight excluding hydrogens is 180 g/mol. The van der Waals surface area contributed by atoms with E-state index in [4.69, 9.17) is 14.6 Å². The van der Waals surface area contributed by atoms with Crippen LogP contribution in [0, 0.1) is 0 Å². The fraction of sp³-hybridized carbons (Fsp3) is 1.00. The Morgan fingerprint density at radius 1 is 1.23 bits per heavy atom. The van der Waals surface area contributed by atoms with E-state index in [2.05, 4.69) is 0 Å². The molecule has 0 saturated carbocycles. The highest BCUT2D eigenvalue weighted by molar-refractivity contribution is 5.00. The van der Waals surface area contributed by atoms with Gasteiger partial charge >= 0.3 is 0 Å². The molecule has 2 rings (SSSR count). The van der Waals surface area contributed by atoms with Crippen LogP contribution in [0.2, 0.25) is 0 Å². The molecular formula is C7H12O6. The fourth-order valence-corrected chi connectivity index (χ4v) is 1.71. The van der Waals surface area contributed by atoms with Crippen LogP contribution in [0.25, 0.3) is 0 Å². The molecule has 4 N–H and O–H groups in total. The number of aliphatic hydroxyl groups is 4. The summed E-state index contributed by atoms with van der Waals surface area (Å²) in [7, 11) is 0. The lowest BCUT2D eigenvalue weighted by Crippen LogP contribution is -2.62. The van der Waals surface area contributed by atoms with Crippen molar-refractivity contribution in [3.63, 3.8) is 0 Å². The lowest BCUT2D eigenvalue weighted by Gasteiger charge is -2.39. The van der Waals surface area contributed by atoms with E-state index in [1.165, 1.54) is 0 Å². The Kier molecular flexibility index (Phi) is 2.06. The third kappa shape index (κ3) is 1.11. The molecule has 2 aliphatic rings. The molecule has 0 spiro atoms. The summed E-state index contributed by atoms with van der Waals surface area (Å²) in [5, 5.41) is 37.1. The molecule has 13 heavy (non-hydrogen) atoms. The summed E-state index contributed by atoms with van der Waals surface area (Å²) >= 11 is 0. The van der Waals surface area contributed by atoms with Crippen molar-refractivity contribution in [3.8, 4) is 0 Å². The van der Waals surface area contributed by atoms with Crippen molar-refractivity contribution < 1.29 is 29.9 Å². The van der Waals surface area contributed by atoms with Crippen LogP contribution in [-0.4, -0.2) is 63.8 Å². The van der Waals surface area contributed by atoms with Crippen LogP contribution in [0.15, 0.2) is 0 Å². The van der Waals surface area contributed by atoms with E-state index >= 15 is 0 Å². The van der Waals surface area contributed by atoms with Gasteiger partial charge in [-0.05, 0) is 0 Å². The van der Waals surface area contributed by atoms with Gasteiger partial charge in [0.05, 0.1) is 6.61 Å². The van der Waals surface area contributed by atoms with E-state index < -0.39 is 36.8 Å². The Labute approximate surface area is 74.3 Å². The predicted molar refractivity (Wildman–Crippen MR) is 38.7 cm³/mol. The van der Waals surface area contributed by atoms with Gasteiger partial charge in [0, 0.05) is 0 Å². The van der Waals surface area contributed by atoms with E-state index in [1.54, 1.807) is 0 Å². The van der Waals surface area contributed by atoms with Crippen molar-refractivity contribution in [3.05, 3.63) is 0 Å². The standard InChI is InChI=1S/C7H12O6/c8-2-7-6(11)5(10)4(9)3(13-7)1-12-7/h3-6,8-11H,1-2H2/t3-,4-,5+,6+,7+/m1/s1. The Hall–Kier alpha value is -0.240. The van der Waals surface area contributed by atoms with Gasteiger partial charge in [-0.1, -0.05) is 0 Å². The van der Waals surface area contributed by atoms with Gasteiger partial charge in [-0.25, -0.2) is 0 Å². The Morgan fingerprint density at radius 3 is 2.54 bits per heavy atom. The molecule has 0 amide bonds. The molecule has 0 aromatic carbocycles. The van der Waals surface area contributed by atoms with Gasteiger partial charge in [0.2, 0.25) is 5.79 Å². The van der Waals surface area contributed by atoms with Crippen molar-refractivity contribution in [2.24, 2.45) is 0 Å². The van der Waals surface area contributed by atoms with Crippen molar-refractivity contribution in [2.75, 3.05) is 13.2 Å². The molecule has 76 valence electrons. The molecule has 2 fully saturated rings. The first kappa shape index (κ1) is 9.32. The lowest BCUT2D eigenvalue weighted by molar-refractivity contribution is -0.305. The van der Waals surface area contributed by atoms with Gasteiger partial charge in [-0.3, -0.25) is 0 Å². The third-order valence-corrected chi connectivity index (χ3v) is 2.57. The highest BCUT2D eigenvalue weighted by Gasteiger charge is 2.58. The molecule has 2 bridgehead atoms. The summed E-state index contributed by atoms with van der Waals surface area (Å²) in [5.74, 6) is -1.55. The second-order valence-corrected chi connectivity index (χ2v) is 3.36. The van der Waals surface area contributed by atoms with Crippen LogP contribution in [0.5, 0.6) is 0 Å². The first-order chi connectivity index (χ1) is 6.10. The number of ether oxygens (including phenoxy) is 2. The third-order valence-electron chi connectivity index (χ3n) is 2.57. The van der Waals surface area contributed by atoms with Crippen molar-refractivity contribution in [1.29, 1.82) is 0 Å². The van der Waals surface area contributed by atoms with E-state index in [0.717, 1.165) is 0 Å². The minimum absolute atomic E-state index is 0.0653. The molecule has 2 saturated heterocycles. The average Bonchev–Trinajstić information content (AvgIpc) is 2.55. The smallest absolute Gasteiger partial charge is 0.221 e. The molecule has 2 heterocycles.